The number of hydrogen-bond acceptors (Lipinski definition) is 3. The Morgan fingerprint density at radius 1 is 1.05 bits per heavy atom. The highest BCUT2D eigenvalue weighted by molar-refractivity contribution is 6.09. The van der Waals surface area contributed by atoms with Gasteiger partial charge in [0.2, 0.25) is 0 Å². The molecule has 1 aliphatic carbocycles. The first-order chi connectivity index (χ1) is 9.61. The Morgan fingerprint density at radius 2 is 1.70 bits per heavy atom. The molecule has 4 heteroatoms. The number of ketones is 2. The second-order valence-corrected chi connectivity index (χ2v) is 5.75. The fraction of sp³-hybridized carbons (Fsp3) is 0.438. The lowest BCUT2D eigenvalue weighted by atomic mass is 9.76. The van der Waals surface area contributed by atoms with E-state index >= 15 is 0 Å². The second-order valence-electron chi connectivity index (χ2n) is 5.75. The van der Waals surface area contributed by atoms with Crippen LogP contribution >= 0.6 is 0 Å². The molecular weight excluding hydrogens is 254 g/mol. The van der Waals surface area contributed by atoms with Gasteiger partial charge >= 0.3 is 0 Å². The van der Waals surface area contributed by atoms with Crippen LogP contribution in [0.1, 0.15) is 36.0 Å². The summed E-state index contributed by atoms with van der Waals surface area (Å²) >= 11 is 0. The van der Waals surface area contributed by atoms with Crippen LogP contribution in [0.3, 0.4) is 0 Å². The number of likely N-dealkylation sites (tertiary alicyclic amines) is 1. The SMILES string of the molecule is O=C1CC(=O)C2(CCN(C(=O)c3ccccc3)CC2)C1. The van der Waals surface area contributed by atoms with Crippen molar-refractivity contribution in [2.45, 2.75) is 25.7 Å². The zero-order valence-corrected chi connectivity index (χ0v) is 11.3. The van der Waals surface area contributed by atoms with Crippen LogP contribution in [-0.2, 0) is 9.59 Å². The number of hydrogen-bond donors (Lipinski definition) is 0. The molecule has 104 valence electrons. The van der Waals surface area contributed by atoms with Crippen molar-refractivity contribution in [2.24, 2.45) is 5.41 Å². The minimum atomic E-state index is -0.468. The van der Waals surface area contributed by atoms with Crippen molar-refractivity contribution in [3.8, 4) is 0 Å². The van der Waals surface area contributed by atoms with Crippen LogP contribution < -0.4 is 0 Å². The van der Waals surface area contributed by atoms with Gasteiger partial charge in [-0.25, -0.2) is 0 Å². The highest BCUT2D eigenvalue weighted by atomic mass is 16.2. The Hall–Kier alpha value is -1.97. The number of benzene rings is 1. The lowest BCUT2D eigenvalue weighted by molar-refractivity contribution is -0.128. The predicted octanol–water partition coefficient (Wildman–Crippen LogP) is 1.84. The van der Waals surface area contributed by atoms with Gasteiger partial charge < -0.3 is 4.90 Å². The minimum absolute atomic E-state index is 0.0113. The van der Waals surface area contributed by atoms with Crippen molar-refractivity contribution < 1.29 is 14.4 Å². The summed E-state index contributed by atoms with van der Waals surface area (Å²) in [6.07, 6.45) is 1.71. The summed E-state index contributed by atoms with van der Waals surface area (Å²) in [5.41, 5.74) is 0.210. The van der Waals surface area contributed by atoms with Gasteiger partial charge in [0.05, 0.1) is 6.42 Å². The van der Waals surface area contributed by atoms with E-state index in [0.717, 1.165) is 0 Å². The van der Waals surface area contributed by atoms with Crippen molar-refractivity contribution >= 4 is 17.5 Å². The monoisotopic (exact) mass is 271 g/mol. The third kappa shape index (κ3) is 2.15. The maximum atomic E-state index is 12.3. The van der Waals surface area contributed by atoms with Gasteiger partial charge in [0.15, 0.2) is 0 Å². The zero-order chi connectivity index (χ0) is 14.2. The lowest BCUT2D eigenvalue weighted by Gasteiger charge is -2.37. The molecule has 1 aliphatic heterocycles. The standard InChI is InChI=1S/C16H17NO3/c18-13-10-14(19)16(11-13)6-8-17(9-7-16)15(20)12-4-2-1-3-5-12/h1-5H,6-11H2. The molecule has 0 atom stereocenters. The van der Waals surface area contributed by atoms with Gasteiger partial charge in [-0.1, -0.05) is 18.2 Å². The summed E-state index contributed by atoms with van der Waals surface area (Å²) in [6.45, 7) is 1.12. The summed E-state index contributed by atoms with van der Waals surface area (Å²) in [6, 6.07) is 9.17. The minimum Gasteiger partial charge on any atom is -0.339 e. The first-order valence-electron chi connectivity index (χ1n) is 7.00. The van der Waals surface area contributed by atoms with Crippen LogP contribution in [0, 0.1) is 5.41 Å². The van der Waals surface area contributed by atoms with Crippen molar-refractivity contribution in [2.75, 3.05) is 13.1 Å². The van der Waals surface area contributed by atoms with E-state index in [0.29, 0.717) is 37.9 Å². The molecule has 3 rings (SSSR count). The Labute approximate surface area is 117 Å². The molecule has 20 heavy (non-hydrogen) atoms. The number of piperidine rings is 1. The maximum Gasteiger partial charge on any atom is 0.253 e. The molecule has 2 fully saturated rings. The van der Waals surface area contributed by atoms with Gasteiger partial charge in [-0.2, -0.15) is 0 Å². The van der Waals surface area contributed by atoms with E-state index in [1.54, 1.807) is 17.0 Å². The number of rotatable bonds is 1. The predicted molar refractivity (Wildman–Crippen MR) is 73.3 cm³/mol. The first-order valence-corrected chi connectivity index (χ1v) is 7.00. The van der Waals surface area contributed by atoms with Crippen LogP contribution in [0.5, 0.6) is 0 Å². The average molecular weight is 271 g/mol. The third-order valence-corrected chi connectivity index (χ3v) is 4.51. The summed E-state index contributed by atoms with van der Waals surface area (Å²) in [5.74, 6) is 0.143. The van der Waals surface area contributed by atoms with E-state index in [9.17, 15) is 14.4 Å². The van der Waals surface area contributed by atoms with Crippen LogP contribution in [0.15, 0.2) is 30.3 Å². The molecule has 0 N–H and O–H groups in total. The van der Waals surface area contributed by atoms with Gasteiger partial charge in [0.25, 0.3) is 5.91 Å². The molecule has 2 aliphatic rings. The third-order valence-electron chi connectivity index (χ3n) is 4.51. The number of amides is 1. The maximum absolute atomic E-state index is 12.3. The molecule has 0 aromatic heterocycles. The highest BCUT2D eigenvalue weighted by Crippen LogP contribution is 2.42. The molecular formula is C16H17NO3. The Balaban J connectivity index is 1.69. The number of nitrogens with zero attached hydrogens (tertiary/aromatic N) is 1. The molecule has 1 amide bonds. The van der Waals surface area contributed by atoms with E-state index in [-0.39, 0.29) is 23.9 Å². The Bertz CT molecular complexity index is 556. The van der Waals surface area contributed by atoms with Crippen LogP contribution in [0.4, 0.5) is 0 Å². The van der Waals surface area contributed by atoms with Gasteiger partial charge in [0.1, 0.15) is 11.6 Å². The zero-order valence-electron chi connectivity index (χ0n) is 11.3. The molecule has 0 radical (unpaired) electrons. The van der Waals surface area contributed by atoms with Gasteiger partial charge in [-0.15, -0.1) is 0 Å². The van der Waals surface area contributed by atoms with E-state index in [2.05, 4.69) is 0 Å². The lowest BCUT2D eigenvalue weighted by Crippen LogP contribution is -2.44. The average Bonchev–Trinajstić information content (AvgIpc) is 2.74. The smallest absolute Gasteiger partial charge is 0.253 e. The normalized spacial score (nSPS) is 21.5. The fourth-order valence-electron chi connectivity index (χ4n) is 3.26. The first kappa shape index (κ1) is 13.0. The summed E-state index contributed by atoms with van der Waals surface area (Å²) < 4.78 is 0. The molecule has 0 bridgehead atoms. The topological polar surface area (TPSA) is 54.5 Å². The molecule has 1 saturated carbocycles. The van der Waals surface area contributed by atoms with Crippen LogP contribution in [-0.4, -0.2) is 35.5 Å². The van der Waals surface area contributed by atoms with Crippen molar-refractivity contribution in [3.63, 3.8) is 0 Å². The van der Waals surface area contributed by atoms with Crippen LogP contribution in [0.2, 0.25) is 0 Å². The molecule has 4 nitrogen and oxygen atoms in total. The Morgan fingerprint density at radius 3 is 2.25 bits per heavy atom. The molecule has 1 spiro atoms. The molecule has 1 heterocycles. The Kier molecular flexibility index (Phi) is 3.16. The van der Waals surface area contributed by atoms with Crippen molar-refractivity contribution in [1.29, 1.82) is 0 Å². The molecule has 0 unspecified atom stereocenters. The molecule has 1 saturated heterocycles. The molecule has 1 aromatic rings. The summed E-state index contributed by atoms with van der Waals surface area (Å²) in [4.78, 5) is 37.6. The summed E-state index contributed by atoms with van der Waals surface area (Å²) in [5, 5.41) is 0. The fourth-order valence-corrected chi connectivity index (χ4v) is 3.26. The highest BCUT2D eigenvalue weighted by Gasteiger charge is 2.48. The number of carbonyl (C=O) groups excluding carboxylic acids is 3. The number of Topliss-reactive ketones (excluding diaryl/α,β-unsaturated/α-hetero) is 2. The quantitative estimate of drug-likeness (QED) is 0.732. The van der Waals surface area contributed by atoms with Gasteiger partial charge in [0, 0.05) is 30.5 Å². The van der Waals surface area contributed by atoms with Crippen molar-refractivity contribution in [3.05, 3.63) is 35.9 Å². The summed E-state index contributed by atoms with van der Waals surface area (Å²) in [7, 11) is 0. The largest absolute Gasteiger partial charge is 0.339 e. The van der Waals surface area contributed by atoms with E-state index in [1.807, 2.05) is 18.2 Å². The van der Waals surface area contributed by atoms with Gasteiger partial charge in [-0.3, -0.25) is 14.4 Å². The van der Waals surface area contributed by atoms with Crippen LogP contribution in [0.25, 0.3) is 0 Å². The van der Waals surface area contributed by atoms with E-state index < -0.39 is 5.41 Å². The van der Waals surface area contributed by atoms with E-state index in [1.165, 1.54) is 0 Å². The van der Waals surface area contributed by atoms with E-state index in [4.69, 9.17) is 0 Å². The van der Waals surface area contributed by atoms with Crippen molar-refractivity contribution in [1.82, 2.24) is 4.90 Å². The second kappa shape index (κ2) is 4.85. The number of carbonyl (C=O) groups is 3. The molecule has 1 aromatic carbocycles. The van der Waals surface area contributed by atoms with Gasteiger partial charge in [-0.05, 0) is 25.0 Å².